The van der Waals surface area contributed by atoms with E-state index in [0.29, 0.717) is 12.4 Å². The van der Waals surface area contributed by atoms with Gasteiger partial charge in [0.05, 0.1) is 12.6 Å². The van der Waals surface area contributed by atoms with Gasteiger partial charge in [0, 0.05) is 25.4 Å². The molecule has 0 aliphatic carbocycles. The molecule has 2 N–H and O–H groups in total. The van der Waals surface area contributed by atoms with Crippen LogP contribution in [0, 0.1) is 0 Å². The Labute approximate surface area is 144 Å². The van der Waals surface area contributed by atoms with Crippen molar-refractivity contribution in [1.82, 2.24) is 15.6 Å². The monoisotopic (exact) mass is 338 g/mol. The molecule has 0 atom stereocenters. The first-order chi connectivity index (χ1) is 11.2. The molecule has 0 aliphatic rings. The number of pyridine rings is 1. The molecule has 1 aromatic rings. The second-order valence-corrected chi connectivity index (χ2v) is 6.48. The molecule has 0 spiro atoms. The normalized spacial score (nSPS) is 11.6. The lowest BCUT2D eigenvalue weighted by molar-refractivity contribution is 0.232. The average molecular weight is 339 g/mol. The van der Waals surface area contributed by atoms with Crippen LogP contribution in [0.5, 0.6) is 5.88 Å². The zero-order valence-corrected chi connectivity index (χ0v) is 15.6. The third-order valence-electron chi connectivity index (χ3n) is 2.99. The molecule has 0 saturated heterocycles. The van der Waals surface area contributed by atoms with Crippen molar-refractivity contribution in [3.8, 4) is 5.88 Å². The summed E-state index contributed by atoms with van der Waals surface area (Å²) in [5.74, 6) is 2.73. The summed E-state index contributed by atoms with van der Waals surface area (Å²) < 4.78 is 5.55. The Morgan fingerprint density at radius 1 is 1.30 bits per heavy atom. The Balaban J connectivity index is 2.45. The second kappa shape index (κ2) is 12.0. The first-order valence-electron chi connectivity index (χ1n) is 8.28. The maximum atomic E-state index is 5.55. The first-order valence-corrected chi connectivity index (χ1v) is 9.67. The van der Waals surface area contributed by atoms with E-state index in [-0.39, 0.29) is 6.10 Å². The van der Waals surface area contributed by atoms with Crippen LogP contribution in [0.4, 0.5) is 0 Å². The number of guanidine groups is 1. The van der Waals surface area contributed by atoms with Gasteiger partial charge in [-0.05, 0) is 51.2 Å². The molecule has 0 amide bonds. The fraction of sp³-hybridized carbons (Fsp3) is 0.647. The molecular formula is C17H30N4OS. The number of aliphatic imine (C=N–C) groups is 1. The summed E-state index contributed by atoms with van der Waals surface area (Å²) in [7, 11) is 0. The van der Waals surface area contributed by atoms with Gasteiger partial charge in [-0.3, -0.25) is 0 Å². The molecule has 0 aromatic carbocycles. The van der Waals surface area contributed by atoms with E-state index < -0.39 is 0 Å². The van der Waals surface area contributed by atoms with Gasteiger partial charge >= 0.3 is 0 Å². The molecule has 0 unspecified atom stereocenters. The largest absolute Gasteiger partial charge is 0.475 e. The lowest BCUT2D eigenvalue weighted by Crippen LogP contribution is -2.37. The van der Waals surface area contributed by atoms with E-state index in [1.165, 1.54) is 12.2 Å². The Kier molecular flexibility index (Phi) is 10.3. The lowest BCUT2D eigenvalue weighted by Gasteiger charge is -2.11. The molecule has 6 heteroatoms. The summed E-state index contributed by atoms with van der Waals surface area (Å²) >= 11 is 1.89. The molecule has 0 fully saturated rings. The molecule has 1 heterocycles. The standard InChI is InChI=1S/C17H30N4OS/c1-5-18-17(19-10-6-7-11-23-4)21-13-15-8-9-16(20-12-15)22-14(2)3/h8-9,12,14H,5-7,10-11,13H2,1-4H3,(H2,18,19,21). The number of nitrogens with zero attached hydrogens (tertiary/aromatic N) is 2. The Bertz CT molecular complexity index is 448. The zero-order chi connectivity index (χ0) is 16.9. The summed E-state index contributed by atoms with van der Waals surface area (Å²) in [6, 6.07) is 3.91. The Morgan fingerprint density at radius 3 is 2.74 bits per heavy atom. The third-order valence-corrected chi connectivity index (χ3v) is 3.68. The molecule has 1 aromatic heterocycles. The quantitative estimate of drug-likeness (QED) is 0.390. The van der Waals surface area contributed by atoms with E-state index in [2.05, 4.69) is 33.8 Å². The van der Waals surface area contributed by atoms with Crippen LogP contribution >= 0.6 is 11.8 Å². The highest BCUT2D eigenvalue weighted by Gasteiger charge is 2.01. The van der Waals surface area contributed by atoms with Crippen LogP contribution in [0.1, 0.15) is 39.2 Å². The van der Waals surface area contributed by atoms with Crippen LogP contribution in [0.2, 0.25) is 0 Å². The summed E-state index contributed by atoms with van der Waals surface area (Å²) in [5.41, 5.74) is 1.07. The molecule has 23 heavy (non-hydrogen) atoms. The van der Waals surface area contributed by atoms with E-state index >= 15 is 0 Å². The highest BCUT2D eigenvalue weighted by atomic mass is 32.2. The van der Waals surface area contributed by atoms with E-state index in [0.717, 1.165) is 31.0 Å². The molecule has 130 valence electrons. The average Bonchev–Trinajstić information content (AvgIpc) is 2.53. The SMILES string of the molecule is CCNC(=NCc1ccc(OC(C)C)nc1)NCCCCSC. The van der Waals surface area contributed by atoms with Gasteiger partial charge in [-0.2, -0.15) is 11.8 Å². The number of nitrogens with one attached hydrogen (secondary N) is 2. The lowest BCUT2D eigenvalue weighted by atomic mass is 10.3. The predicted octanol–water partition coefficient (Wildman–Crippen LogP) is 3.07. The van der Waals surface area contributed by atoms with Crippen molar-refractivity contribution in [3.05, 3.63) is 23.9 Å². The molecule has 0 saturated carbocycles. The maximum Gasteiger partial charge on any atom is 0.213 e. The molecule has 0 radical (unpaired) electrons. The van der Waals surface area contributed by atoms with Crippen molar-refractivity contribution in [1.29, 1.82) is 0 Å². The number of thioether (sulfide) groups is 1. The molecule has 5 nitrogen and oxygen atoms in total. The van der Waals surface area contributed by atoms with E-state index in [9.17, 15) is 0 Å². The minimum Gasteiger partial charge on any atom is -0.475 e. The number of aromatic nitrogens is 1. The number of ether oxygens (including phenoxy) is 1. The van der Waals surface area contributed by atoms with Crippen LogP contribution < -0.4 is 15.4 Å². The highest BCUT2D eigenvalue weighted by Crippen LogP contribution is 2.10. The fourth-order valence-corrected chi connectivity index (χ4v) is 2.40. The van der Waals surface area contributed by atoms with E-state index in [4.69, 9.17) is 4.74 Å². The number of unbranched alkanes of at least 4 members (excludes halogenated alkanes) is 1. The van der Waals surface area contributed by atoms with Gasteiger partial charge < -0.3 is 15.4 Å². The summed E-state index contributed by atoms with van der Waals surface area (Å²) in [4.78, 5) is 8.90. The minimum absolute atomic E-state index is 0.141. The third kappa shape index (κ3) is 9.33. The summed E-state index contributed by atoms with van der Waals surface area (Å²) in [6.45, 7) is 8.47. The van der Waals surface area contributed by atoms with Gasteiger partial charge in [0.1, 0.15) is 0 Å². The van der Waals surface area contributed by atoms with Crippen molar-refractivity contribution < 1.29 is 4.74 Å². The highest BCUT2D eigenvalue weighted by molar-refractivity contribution is 7.98. The summed E-state index contributed by atoms with van der Waals surface area (Å²) in [6.07, 6.45) is 6.50. The topological polar surface area (TPSA) is 58.5 Å². The van der Waals surface area contributed by atoms with Crippen molar-refractivity contribution in [2.45, 2.75) is 46.3 Å². The van der Waals surface area contributed by atoms with E-state index in [1.807, 2.05) is 43.9 Å². The molecular weight excluding hydrogens is 308 g/mol. The van der Waals surface area contributed by atoms with Crippen molar-refractivity contribution in [2.24, 2.45) is 4.99 Å². The Morgan fingerprint density at radius 2 is 2.13 bits per heavy atom. The van der Waals surface area contributed by atoms with Crippen molar-refractivity contribution in [3.63, 3.8) is 0 Å². The van der Waals surface area contributed by atoms with Crippen LogP contribution in [0.3, 0.4) is 0 Å². The van der Waals surface area contributed by atoms with Crippen LogP contribution in [0.25, 0.3) is 0 Å². The van der Waals surface area contributed by atoms with Gasteiger partial charge in [0.25, 0.3) is 0 Å². The maximum absolute atomic E-state index is 5.55. The molecule has 0 bridgehead atoms. The Hall–Kier alpha value is -1.43. The van der Waals surface area contributed by atoms with Crippen LogP contribution in [-0.2, 0) is 6.54 Å². The first kappa shape index (κ1) is 19.6. The molecule has 0 aliphatic heterocycles. The number of hydrogen-bond acceptors (Lipinski definition) is 4. The van der Waals surface area contributed by atoms with Crippen molar-refractivity contribution >= 4 is 17.7 Å². The fourth-order valence-electron chi connectivity index (χ4n) is 1.91. The van der Waals surface area contributed by atoms with Gasteiger partial charge in [-0.25, -0.2) is 9.98 Å². The number of hydrogen-bond donors (Lipinski definition) is 2. The van der Waals surface area contributed by atoms with Crippen molar-refractivity contribution in [2.75, 3.05) is 25.1 Å². The smallest absolute Gasteiger partial charge is 0.213 e. The predicted molar refractivity (Wildman–Crippen MR) is 100 cm³/mol. The van der Waals surface area contributed by atoms with Crippen LogP contribution in [0.15, 0.2) is 23.3 Å². The molecule has 1 rings (SSSR count). The van der Waals surface area contributed by atoms with Gasteiger partial charge in [0.2, 0.25) is 5.88 Å². The van der Waals surface area contributed by atoms with Gasteiger partial charge in [-0.15, -0.1) is 0 Å². The van der Waals surface area contributed by atoms with Crippen LogP contribution in [-0.4, -0.2) is 42.1 Å². The zero-order valence-electron chi connectivity index (χ0n) is 14.8. The second-order valence-electron chi connectivity index (χ2n) is 5.49. The van der Waals surface area contributed by atoms with Gasteiger partial charge in [-0.1, -0.05) is 6.07 Å². The minimum atomic E-state index is 0.141. The van der Waals surface area contributed by atoms with Gasteiger partial charge in [0.15, 0.2) is 5.96 Å². The number of rotatable bonds is 10. The summed E-state index contributed by atoms with van der Waals surface area (Å²) in [5, 5.41) is 6.64. The van der Waals surface area contributed by atoms with E-state index in [1.54, 1.807) is 0 Å².